The van der Waals surface area contributed by atoms with Gasteiger partial charge in [-0.15, -0.1) is 0 Å². The minimum atomic E-state index is 0.0463. The van der Waals surface area contributed by atoms with Gasteiger partial charge < -0.3 is 10.2 Å². The first-order chi connectivity index (χ1) is 10.2. The van der Waals surface area contributed by atoms with Crippen LogP contribution in [0.25, 0.3) is 0 Å². The lowest BCUT2D eigenvalue weighted by Crippen LogP contribution is -2.44. The van der Waals surface area contributed by atoms with Crippen LogP contribution in [0.2, 0.25) is 0 Å². The fraction of sp³-hybridized carbons (Fsp3) is 0.588. The third-order valence-corrected chi connectivity index (χ3v) is 4.58. The summed E-state index contributed by atoms with van der Waals surface area (Å²) in [6.45, 7) is 7.16. The fourth-order valence-electron chi connectivity index (χ4n) is 3.46. The highest BCUT2D eigenvalue weighted by Crippen LogP contribution is 2.27. The molecule has 2 aliphatic heterocycles. The van der Waals surface area contributed by atoms with Crippen molar-refractivity contribution in [3.63, 3.8) is 0 Å². The quantitative estimate of drug-likeness (QED) is 0.927. The lowest BCUT2D eigenvalue weighted by atomic mass is 10.0. The van der Waals surface area contributed by atoms with Crippen molar-refractivity contribution >= 4 is 11.7 Å². The van der Waals surface area contributed by atoms with E-state index >= 15 is 0 Å². The molecule has 21 heavy (non-hydrogen) atoms. The molecule has 2 aliphatic rings. The molecule has 1 fully saturated rings. The molecule has 1 N–H and O–H groups in total. The molecule has 0 aromatic heterocycles. The van der Waals surface area contributed by atoms with Gasteiger partial charge in [0.25, 0.3) is 0 Å². The number of hydrogen-bond acceptors (Lipinski definition) is 2. The minimum Gasteiger partial charge on any atom is -0.336 e. The van der Waals surface area contributed by atoms with Crippen LogP contribution in [-0.2, 0) is 6.42 Å². The van der Waals surface area contributed by atoms with E-state index in [2.05, 4.69) is 23.2 Å². The summed E-state index contributed by atoms with van der Waals surface area (Å²) < 4.78 is 0. The van der Waals surface area contributed by atoms with Crippen LogP contribution in [0, 0.1) is 5.92 Å². The number of urea groups is 1. The van der Waals surface area contributed by atoms with Gasteiger partial charge in [-0.25, -0.2) is 4.79 Å². The summed E-state index contributed by atoms with van der Waals surface area (Å²) in [7, 11) is 0. The number of piperidine rings is 1. The Morgan fingerprint density at radius 3 is 3.05 bits per heavy atom. The van der Waals surface area contributed by atoms with E-state index in [4.69, 9.17) is 0 Å². The molecule has 3 rings (SSSR count). The van der Waals surface area contributed by atoms with Crippen molar-refractivity contribution in [3.05, 3.63) is 29.8 Å². The van der Waals surface area contributed by atoms with Crippen LogP contribution in [0.4, 0.5) is 10.5 Å². The summed E-state index contributed by atoms with van der Waals surface area (Å²) in [6.07, 6.45) is 3.59. The smallest absolute Gasteiger partial charge is 0.321 e. The molecule has 1 aromatic rings. The van der Waals surface area contributed by atoms with Crippen molar-refractivity contribution in [2.24, 2.45) is 5.92 Å². The van der Waals surface area contributed by atoms with E-state index in [0.29, 0.717) is 0 Å². The van der Waals surface area contributed by atoms with Gasteiger partial charge in [-0.1, -0.05) is 25.1 Å². The monoisotopic (exact) mass is 287 g/mol. The third-order valence-electron chi connectivity index (χ3n) is 4.58. The molecule has 4 heteroatoms. The second-order valence-corrected chi connectivity index (χ2v) is 6.31. The Morgan fingerprint density at radius 2 is 2.19 bits per heavy atom. The van der Waals surface area contributed by atoms with Crippen LogP contribution >= 0.6 is 0 Å². The molecule has 1 aromatic carbocycles. The van der Waals surface area contributed by atoms with Gasteiger partial charge in [0.1, 0.15) is 0 Å². The number of benzene rings is 1. The molecule has 0 spiro atoms. The summed E-state index contributed by atoms with van der Waals surface area (Å²) in [6, 6.07) is 8.23. The fourth-order valence-corrected chi connectivity index (χ4v) is 3.46. The molecule has 1 saturated heterocycles. The molecule has 1 atom stereocenters. The molecular weight excluding hydrogens is 262 g/mol. The van der Waals surface area contributed by atoms with E-state index < -0.39 is 0 Å². The molecule has 2 heterocycles. The lowest BCUT2D eigenvalue weighted by molar-refractivity contribution is 0.184. The Hall–Kier alpha value is -1.55. The van der Waals surface area contributed by atoms with Crippen LogP contribution in [0.1, 0.15) is 25.3 Å². The first-order valence-electron chi connectivity index (χ1n) is 8.09. The summed E-state index contributed by atoms with van der Waals surface area (Å²) in [5, 5.41) is 3.07. The Kier molecular flexibility index (Phi) is 4.44. The van der Waals surface area contributed by atoms with Gasteiger partial charge in [0.2, 0.25) is 0 Å². The molecule has 4 nitrogen and oxygen atoms in total. The summed E-state index contributed by atoms with van der Waals surface area (Å²) in [5.74, 6) is 0.792. The molecule has 0 radical (unpaired) electrons. The summed E-state index contributed by atoms with van der Waals surface area (Å²) >= 11 is 0. The van der Waals surface area contributed by atoms with Crippen molar-refractivity contribution in [2.75, 3.05) is 37.6 Å². The zero-order valence-electron chi connectivity index (χ0n) is 12.8. The summed E-state index contributed by atoms with van der Waals surface area (Å²) in [4.78, 5) is 16.6. The largest absolute Gasteiger partial charge is 0.336 e. The van der Waals surface area contributed by atoms with Crippen LogP contribution in [0.3, 0.4) is 0 Å². The predicted octanol–water partition coefficient (Wildman–Crippen LogP) is 2.49. The number of anilines is 1. The third kappa shape index (κ3) is 3.38. The van der Waals surface area contributed by atoms with Gasteiger partial charge >= 0.3 is 6.03 Å². The molecule has 2 amide bonds. The minimum absolute atomic E-state index is 0.0463. The van der Waals surface area contributed by atoms with Crippen molar-refractivity contribution in [1.29, 1.82) is 0 Å². The average Bonchev–Trinajstić information content (AvgIpc) is 2.91. The van der Waals surface area contributed by atoms with Crippen molar-refractivity contribution in [2.45, 2.75) is 26.2 Å². The second-order valence-electron chi connectivity index (χ2n) is 6.31. The van der Waals surface area contributed by atoms with Crippen molar-refractivity contribution in [3.8, 4) is 0 Å². The van der Waals surface area contributed by atoms with E-state index in [-0.39, 0.29) is 6.03 Å². The van der Waals surface area contributed by atoms with E-state index in [1.165, 1.54) is 31.5 Å². The highest BCUT2D eigenvalue weighted by Gasteiger charge is 2.24. The van der Waals surface area contributed by atoms with Crippen LogP contribution in [-0.4, -0.2) is 43.7 Å². The Labute approximate surface area is 127 Å². The second kappa shape index (κ2) is 6.48. The van der Waals surface area contributed by atoms with Gasteiger partial charge in [-0.2, -0.15) is 0 Å². The standard InChI is InChI=1S/C17H25N3O/c1-14-5-4-10-19(13-14)12-9-18-17(21)20-11-8-15-6-2-3-7-16(15)20/h2-3,6-7,14H,4-5,8-13H2,1H3,(H,18,21). The highest BCUT2D eigenvalue weighted by atomic mass is 16.2. The van der Waals surface area contributed by atoms with Gasteiger partial charge in [-0.05, 0) is 43.4 Å². The Morgan fingerprint density at radius 1 is 1.33 bits per heavy atom. The molecule has 0 saturated carbocycles. The molecule has 0 aliphatic carbocycles. The van der Waals surface area contributed by atoms with Gasteiger partial charge in [-0.3, -0.25) is 4.90 Å². The zero-order chi connectivity index (χ0) is 14.7. The number of fused-ring (bicyclic) bond motifs is 1. The lowest BCUT2D eigenvalue weighted by Gasteiger charge is -2.31. The number of para-hydroxylation sites is 1. The number of carbonyl (C=O) groups excluding carboxylic acids is 1. The highest BCUT2D eigenvalue weighted by molar-refractivity contribution is 5.94. The number of amides is 2. The number of hydrogen-bond donors (Lipinski definition) is 1. The van der Waals surface area contributed by atoms with E-state index in [1.807, 2.05) is 23.1 Å². The number of rotatable bonds is 3. The normalized spacial score (nSPS) is 22.1. The topological polar surface area (TPSA) is 35.6 Å². The first kappa shape index (κ1) is 14.4. The van der Waals surface area contributed by atoms with Crippen molar-refractivity contribution in [1.82, 2.24) is 10.2 Å². The number of nitrogens with one attached hydrogen (secondary N) is 1. The predicted molar refractivity (Wildman–Crippen MR) is 85.7 cm³/mol. The van der Waals surface area contributed by atoms with Crippen molar-refractivity contribution < 1.29 is 4.79 Å². The SMILES string of the molecule is CC1CCCN(CCNC(=O)N2CCc3ccccc32)C1. The number of carbonyl (C=O) groups is 1. The number of likely N-dealkylation sites (tertiary alicyclic amines) is 1. The van der Waals surface area contributed by atoms with Gasteiger partial charge in [0, 0.05) is 31.9 Å². The average molecular weight is 287 g/mol. The molecule has 114 valence electrons. The Bertz CT molecular complexity index is 503. The van der Waals surface area contributed by atoms with Crippen LogP contribution in [0.5, 0.6) is 0 Å². The maximum atomic E-state index is 12.3. The zero-order valence-corrected chi connectivity index (χ0v) is 12.8. The maximum absolute atomic E-state index is 12.3. The van der Waals surface area contributed by atoms with Gasteiger partial charge in [0.15, 0.2) is 0 Å². The van der Waals surface area contributed by atoms with Gasteiger partial charge in [0.05, 0.1) is 0 Å². The molecule has 0 bridgehead atoms. The molecule has 1 unspecified atom stereocenters. The van der Waals surface area contributed by atoms with E-state index in [1.54, 1.807) is 0 Å². The molecular formula is C17H25N3O. The Balaban J connectivity index is 1.47. The van der Waals surface area contributed by atoms with Crippen LogP contribution in [0.15, 0.2) is 24.3 Å². The number of nitrogens with zero attached hydrogens (tertiary/aromatic N) is 2. The maximum Gasteiger partial charge on any atom is 0.321 e. The summed E-state index contributed by atoms with van der Waals surface area (Å²) in [5.41, 5.74) is 2.35. The van der Waals surface area contributed by atoms with E-state index in [0.717, 1.165) is 37.7 Å². The van der Waals surface area contributed by atoms with E-state index in [9.17, 15) is 4.79 Å². The first-order valence-corrected chi connectivity index (χ1v) is 8.09. The van der Waals surface area contributed by atoms with Crippen LogP contribution < -0.4 is 10.2 Å².